The molecule has 0 N–H and O–H groups in total. The van der Waals surface area contributed by atoms with Crippen LogP contribution >= 0.6 is 0 Å². The largest absolute Gasteiger partial charge is 0.391 e. The molecule has 0 spiro atoms. The normalized spacial score (nSPS) is 17.3. The summed E-state index contributed by atoms with van der Waals surface area (Å²) in [6.07, 6.45) is 1.49. The standard InChI is InChI=1S/C14H15F3N2/c1-3-11-4-5-13(18-10(11)2)19-8-6-12(7-9-19)14(15,16)17/h1,4-5,12H,6-9H2,2H3. The van der Waals surface area contributed by atoms with Gasteiger partial charge in [-0.15, -0.1) is 6.42 Å². The van der Waals surface area contributed by atoms with Crippen LogP contribution in [0.3, 0.4) is 0 Å². The molecule has 1 aromatic heterocycles. The molecule has 0 bridgehead atoms. The minimum Gasteiger partial charge on any atom is -0.357 e. The summed E-state index contributed by atoms with van der Waals surface area (Å²) >= 11 is 0. The molecule has 5 heteroatoms. The zero-order chi connectivity index (χ0) is 14.0. The molecular formula is C14H15F3N2. The van der Waals surface area contributed by atoms with Gasteiger partial charge in [0.15, 0.2) is 0 Å². The minimum absolute atomic E-state index is 0.126. The van der Waals surface area contributed by atoms with E-state index in [2.05, 4.69) is 10.9 Å². The molecule has 1 aliphatic heterocycles. The van der Waals surface area contributed by atoms with Gasteiger partial charge in [-0.05, 0) is 31.9 Å². The number of halogens is 3. The van der Waals surface area contributed by atoms with Crippen molar-refractivity contribution in [3.63, 3.8) is 0 Å². The summed E-state index contributed by atoms with van der Waals surface area (Å²) in [7, 11) is 0. The van der Waals surface area contributed by atoms with Crippen molar-refractivity contribution in [1.82, 2.24) is 4.98 Å². The van der Waals surface area contributed by atoms with Crippen molar-refractivity contribution < 1.29 is 13.2 Å². The Morgan fingerprint density at radius 2 is 1.95 bits per heavy atom. The first kappa shape index (κ1) is 13.7. The number of terminal acetylenes is 1. The van der Waals surface area contributed by atoms with Crippen LogP contribution in [0.1, 0.15) is 24.1 Å². The van der Waals surface area contributed by atoms with E-state index in [4.69, 9.17) is 6.42 Å². The molecule has 0 saturated carbocycles. The number of aromatic nitrogens is 1. The second kappa shape index (κ2) is 5.12. The van der Waals surface area contributed by atoms with Crippen LogP contribution < -0.4 is 4.90 Å². The van der Waals surface area contributed by atoms with Gasteiger partial charge in [0.25, 0.3) is 0 Å². The first-order valence-electron chi connectivity index (χ1n) is 6.17. The summed E-state index contributed by atoms with van der Waals surface area (Å²) in [6, 6.07) is 3.56. The smallest absolute Gasteiger partial charge is 0.357 e. The second-order valence-electron chi connectivity index (χ2n) is 4.75. The molecule has 0 radical (unpaired) electrons. The second-order valence-corrected chi connectivity index (χ2v) is 4.75. The molecule has 2 heterocycles. The van der Waals surface area contributed by atoms with Crippen LogP contribution in [0.25, 0.3) is 0 Å². The van der Waals surface area contributed by atoms with E-state index in [1.165, 1.54) is 0 Å². The van der Waals surface area contributed by atoms with Crippen LogP contribution in [0, 0.1) is 25.2 Å². The average Bonchev–Trinajstić information content (AvgIpc) is 2.38. The summed E-state index contributed by atoms with van der Waals surface area (Å²) in [4.78, 5) is 6.24. The molecule has 0 amide bonds. The number of nitrogens with zero attached hydrogens (tertiary/aromatic N) is 2. The maximum Gasteiger partial charge on any atom is 0.391 e. The van der Waals surface area contributed by atoms with E-state index in [0.29, 0.717) is 24.5 Å². The number of aryl methyl sites for hydroxylation is 1. The molecule has 2 nitrogen and oxygen atoms in total. The lowest BCUT2D eigenvalue weighted by molar-refractivity contribution is -0.179. The van der Waals surface area contributed by atoms with E-state index < -0.39 is 12.1 Å². The highest BCUT2D eigenvalue weighted by Crippen LogP contribution is 2.35. The van der Waals surface area contributed by atoms with Crippen molar-refractivity contribution in [2.24, 2.45) is 5.92 Å². The molecule has 0 aromatic carbocycles. The van der Waals surface area contributed by atoms with Gasteiger partial charge in [0.1, 0.15) is 5.82 Å². The van der Waals surface area contributed by atoms with Gasteiger partial charge in [0.2, 0.25) is 0 Å². The Bertz CT molecular complexity index is 494. The summed E-state index contributed by atoms with van der Waals surface area (Å²) in [5.74, 6) is 2.04. The Morgan fingerprint density at radius 1 is 1.32 bits per heavy atom. The molecule has 19 heavy (non-hydrogen) atoms. The van der Waals surface area contributed by atoms with Gasteiger partial charge in [-0.2, -0.15) is 13.2 Å². The van der Waals surface area contributed by atoms with Crippen LogP contribution in [0.5, 0.6) is 0 Å². The molecule has 0 aliphatic carbocycles. The molecule has 1 saturated heterocycles. The van der Waals surface area contributed by atoms with Crippen LogP contribution in [0.15, 0.2) is 12.1 Å². The molecule has 102 valence electrons. The molecule has 0 unspecified atom stereocenters. The van der Waals surface area contributed by atoms with E-state index in [9.17, 15) is 13.2 Å². The minimum atomic E-state index is -4.08. The van der Waals surface area contributed by atoms with E-state index in [1.54, 1.807) is 19.1 Å². The fraction of sp³-hybridized carbons (Fsp3) is 0.500. The lowest BCUT2D eigenvalue weighted by Gasteiger charge is -2.33. The van der Waals surface area contributed by atoms with E-state index in [-0.39, 0.29) is 12.8 Å². The Balaban J connectivity index is 2.06. The Hall–Kier alpha value is -1.70. The lowest BCUT2D eigenvalue weighted by atomic mass is 9.96. The predicted octanol–water partition coefficient (Wildman–Crippen LogP) is 3.15. The van der Waals surface area contributed by atoms with Crippen molar-refractivity contribution >= 4 is 5.82 Å². The van der Waals surface area contributed by atoms with E-state index in [1.807, 2.05) is 4.90 Å². The fourth-order valence-electron chi connectivity index (χ4n) is 2.31. The third-order valence-corrected chi connectivity index (χ3v) is 3.51. The topological polar surface area (TPSA) is 16.1 Å². The highest BCUT2D eigenvalue weighted by Gasteiger charge is 2.41. The number of anilines is 1. The Morgan fingerprint density at radius 3 is 2.42 bits per heavy atom. The van der Waals surface area contributed by atoms with E-state index >= 15 is 0 Å². The van der Waals surface area contributed by atoms with Crippen LogP contribution in [-0.4, -0.2) is 24.2 Å². The van der Waals surface area contributed by atoms with Gasteiger partial charge in [-0.25, -0.2) is 4.98 Å². The Labute approximate surface area is 110 Å². The number of rotatable bonds is 1. The first-order valence-corrected chi connectivity index (χ1v) is 6.17. The SMILES string of the molecule is C#Cc1ccc(N2CCC(C(F)(F)F)CC2)nc1C. The molecule has 0 atom stereocenters. The van der Waals surface area contributed by atoms with E-state index in [0.717, 1.165) is 5.69 Å². The summed E-state index contributed by atoms with van der Waals surface area (Å²) in [6.45, 7) is 2.57. The Kier molecular flexibility index (Phi) is 3.70. The molecule has 1 aliphatic rings. The highest BCUT2D eigenvalue weighted by molar-refractivity contribution is 5.46. The highest BCUT2D eigenvalue weighted by atomic mass is 19.4. The number of hydrogen-bond donors (Lipinski definition) is 0. The first-order chi connectivity index (χ1) is 8.91. The van der Waals surface area contributed by atoms with Crippen molar-refractivity contribution in [3.8, 4) is 12.3 Å². The summed E-state index contributed by atoms with van der Waals surface area (Å²) < 4.78 is 37.7. The van der Waals surface area contributed by atoms with Gasteiger partial charge >= 0.3 is 6.18 Å². The zero-order valence-electron chi connectivity index (χ0n) is 10.7. The van der Waals surface area contributed by atoms with Gasteiger partial charge in [-0.3, -0.25) is 0 Å². The number of hydrogen-bond acceptors (Lipinski definition) is 2. The van der Waals surface area contributed by atoms with Crippen LogP contribution in [-0.2, 0) is 0 Å². The number of alkyl halides is 3. The molecule has 1 aromatic rings. The maximum absolute atomic E-state index is 12.6. The lowest BCUT2D eigenvalue weighted by Crippen LogP contribution is -2.39. The molecular weight excluding hydrogens is 253 g/mol. The number of piperidine rings is 1. The van der Waals surface area contributed by atoms with Gasteiger partial charge in [-0.1, -0.05) is 5.92 Å². The van der Waals surface area contributed by atoms with Crippen molar-refractivity contribution in [2.75, 3.05) is 18.0 Å². The zero-order valence-corrected chi connectivity index (χ0v) is 10.7. The van der Waals surface area contributed by atoms with Crippen molar-refractivity contribution in [3.05, 3.63) is 23.4 Å². The van der Waals surface area contributed by atoms with Crippen LogP contribution in [0.2, 0.25) is 0 Å². The fourth-order valence-corrected chi connectivity index (χ4v) is 2.31. The van der Waals surface area contributed by atoms with Crippen molar-refractivity contribution in [2.45, 2.75) is 25.9 Å². The summed E-state index contributed by atoms with van der Waals surface area (Å²) in [5, 5.41) is 0. The van der Waals surface area contributed by atoms with Crippen LogP contribution in [0.4, 0.5) is 19.0 Å². The molecule has 2 rings (SSSR count). The predicted molar refractivity (Wildman–Crippen MR) is 67.9 cm³/mol. The number of pyridine rings is 1. The average molecular weight is 268 g/mol. The maximum atomic E-state index is 12.6. The third kappa shape index (κ3) is 3.01. The molecule has 1 fully saturated rings. The third-order valence-electron chi connectivity index (χ3n) is 3.51. The van der Waals surface area contributed by atoms with Gasteiger partial charge < -0.3 is 4.90 Å². The monoisotopic (exact) mass is 268 g/mol. The van der Waals surface area contributed by atoms with Gasteiger partial charge in [0, 0.05) is 18.7 Å². The summed E-state index contributed by atoms with van der Waals surface area (Å²) in [5.41, 5.74) is 1.45. The van der Waals surface area contributed by atoms with Crippen molar-refractivity contribution in [1.29, 1.82) is 0 Å². The van der Waals surface area contributed by atoms with Gasteiger partial charge in [0.05, 0.1) is 11.6 Å². The quantitative estimate of drug-likeness (QED) is 0.727.